The third-order valence-corrected chi connectivity index (χ3v) is 2.81. The maximum Gasteiger partial charge on any atom is 0.458 e. The number of anilines is 1. The summed E-state index contributed by atoms with van der Waals surface area (Å²) in [6, 6.07) is -0.106. The number of rotatable bonds is 1. The SMILES string of the molecule is Nc1c(Br)cc(C(F)(F)C(F)(F)F)cc1C(F)(F)F. The van der Waals surface area contributed by atoms with E-state index in [0.29, 0.717) is 0 Å². The fourth-order valence-electron chi connectivity index (χ4n) is 1.20. The minimum absolute atomic E-state index is 0.206. The molecule has 0 fully saturated rings. The van der Waals surface area contributed by atoms with Crippen molar-refractivity contribution in [1.29, 1.82) is 0 Å². The molecule has 0 amide bonds. The highest BCUT2D eigenvalue weighted by atomic mass is 79.9. The number of alkyl halides is 8. The minimum Gasteiger partial charge on any atom is -0.397 e. The fourth-order valence-corrected chi connectivity index (χ4v) is 1.66. The Morgan fingerprint density at radius 1 is 0.895 bits per heavy atom. The number of benzene rings is 1. The molecule has 0 aliphatic heterocycles. The van der Waals surface area contributed by atoms with Gasteiger partial charge in [-0.15, -0.1) is 0 Å². The average molecular weight is 358 g/mol. The molecule has 108 valence electrons. The number of hydrogen-bond acceptors (Lipinski definition) is 1. The maximum absolute atomic E-state index is 13.0. The topological polar surface area (TPSA) is 26.0 Å². The Balaban J connectivity index is 3.54. The van der Waals surface area contributed by atoms with Crippen molar-refractivity contribution >= 4 is 21.6 Å². The van der Waals surface area contributed by atoms with Gasteiger partial charge in [-0.1, -0.05) is 0 Å². The van der Waals surface area contributed by atoms with Gasteiger partial charge < -0.3 is 5.73 Å². The number of halogens is 9. The predicted molar refractivity (Wildman–Crippen MR) is 53.5 cm³/mol. The van der Waals surface area contributed by atoms with Crippen molar-refractivity contribution in [2.75, 3.05) is 5.73 Å². The third kappa shape index (κ3) is 2.93. The van der Waals surface area contributed by atoms with E-state index in [1.54, 1.807) is 0 Å². The molecule has 0 bridgehead atoms. The highest BCUT2D eigenvalue weighted by molar-refractivity contribution is 9.10. The van der Waals surface area contributed by atoms with Crippen LogP contribution in [-0.4, -0.2) is 6.18 Å². The van der Waals surface area contributed by atoms with Crippen LogP contribution >= 0.6 is 15.9 Å². The second-order valence-corrected chi connectivity index (χ2v) is 4.34. The molecule has 0 unspecified atom stereocenters. The summed E-state index contributed by atoms with van der Waals surface area (Å²) < 4.78 is 99.0. The van der Waals surface area contributed by atoms with E-state index >= 15 is 0 Å². The van der Waals surface area contributed by atoms with Crippen LogP contribution in [0.15, 0.2) is 16.6 Å². The van der Waals surface area contributed by atoms with E-state index in [2.05, 4.69) is 15.9 Å². The highest BCUT2D eigenvalue weighted by Crippen LogP contribution is 2.47. The van der Waals surface area contributed by atoms with Gasteiger partial charge in [0.1, 0.15) is 0 Å². The zero-order valence-corrected chi connectivity index (χ0v) is 10.2. The van der Waals surface area contributed by atoms with Crippen molar-refractivity contribution in [3.8, 4) is 0 Å². The molecule has 0 atom stereocenters. The molecular weight excluding hydrogens is 354 g/mol. The van der Waals surface area contributed by atoms with Gasteiger partial charge in [0.05, 0.1) is 11.3 Å². The summed E-state index contributed by atoms with van der Waals surface area (Å²) in [5, 5.41) is 0. The normalized spacial score (nSPS) is 13.7. The van der Waals surface area contributed by atoms with Crippen LogP contribution in [0.1, 0.15) is 11.1 Å². The van der Waals surface area contributed by atoms with Crippen molar-refractivity contribution < 1.29 is 35.1 Å². The molecule has 0 spiro atoms. The van der Waals surface area contributed by atoms with Gasteiger partial charge in [0.25, 0.3) is 0 Å². The van der Waals surface area contributed by atoms with Gasteiger partial charge in [0.2, 0.25) is 0 Å². The van der Waals surface area contributed by atoms with E-state index in [0.717, 1.165) is 0 Å². The Morgan fingerprint density at radius 2 is 1.37 bits per heavy atom. The molecule has 2 N–H and O–H groups in total. The van der Waals surface area contributed by atoms with E-state index < -0.39 is 39.6 Å². The largest absolute Gasteiger partial charge is 0.458 e. The molecular formula is C9H4BrF8N. The Kier molecular flexibility index (Phi) is 3.79. The van der Waals surface area contributed by atoms with Gasteiger partial charge in [0.15, 0.2) is 0 Å². The van der Waals surface area contributed by atoms with Gasteiger partial charge in [0, 0.05) is 10.0 Å². The van der Waals surface area contributed by atoms with Crippen molar-refractivity contribution in [1.82, 2.24) is 0 Å². The van der Waals surface area contributed by atoms with Crippen LogP contribution in [0.25, 0.3) is 0 Å². The Hall–Kier alpha value is -1.06. The first-order chi connectivity index (χ1) is 8.28. The maximum atomic E-state index is 13.0. The molecule has 0 heterocycles. The van der Waals surface area contributed by atoms with Gasteiger partial charge >= 0.3 is 18.3 Å². The summed E-state index contributed by atoms with van der Waals surface area (Å²) in [6.07, 6.45) is -11.2. The summed E-state index contributed by atoms with van der Waals surface area (Å²) in [7, 11) is 0. The fraction of sp³-hybridized carbons (Fsp3) is 0.333. The van der Waals surface area contributed by atoms with Gasteiger partial charge in [-0.2, -0.15) is 35.1 Å². The molecule has 0 aromatic heterocycles. The lowest BCUT2D eigenvalue weighted by atomic mass is 10.0. The average Bonchev–Trinajstić information content (AvgIpc) is 2.18. The smallest absolute Gasteiger partial charge is 0.397 e. The lowest BCUT2D eigenvalue weighted by molar-refractivity contribution is -0.289. The van der Waals surface area contributed by atoms with Crippen LogP contribution in [0.3, 0.4) is 0 Å². The summed E-state index contributed by atoms with van der Waals surface area (Å²) in [4.78, 5) is 0. The van der Waals surface area contributed by atoms with Crippen LogP contribution in [0.5, 0.6) is 0 Å². The summed E-state index contributed by atoms with van der Waals surface area (Å²) in [6.45, 7) is 0. The van der Waals surface area contributed by atoms with Crippen molar-refractivity contribution in [3.63, 3.8) is 0 Å². The second kappa shape index (κ2) is 4.50. The Morgan fingerprint density at radius 3 is 1.74 bits per heavy atom. The first-order valence-electron chi connectivity index (χ1n) is 4.39. The highest BCUT2D eigenvalue weighted by Gasteiger charge is 2.59. The second-order valence-electron chi connectivity index (χ2n) is 3.49. The van der Waals surface area contributed by atoms with Crippen molar-refractivity contribution in [3.05, 3.63) is 27.7 Å². The quantitative estimate of drug-likeness (QED) is 0.572. The number of nitrogen functional groups attached to an aromatic ring is 1. The van der Waals surface area contributed by atoms with Gasteiger partial charge in [-0.25, -0.2) is 0 Å². The third-order valence-electron chi connectivity index (χ3n) is 2.15. The molecule has 1 rings (SSSR count). The van der Waals surface area contributed by atoms with Crippen molar-refractivity contribution in [2.45, 2.75) is 18.3 Å². The Bertz CT molecular complexity index is 490. The zero-order valence-electron chi connectivity index (χ0n) is 8.63. The summed E-state index contributed by atoms with van der Waals surface area (Å²) >= 11 is 2.42. The lowest BCUT2D eigenvalue weighted by Crippen LogP contribution is -2.34. The molecule has 0 radical (unpaired) electrons. The molecule has 1 aromatic rings. The Labute approximate surface area is 109 Å². The van der Waals surface area contributed by atoms with Gasteiger partial charge in [-0.05, 0) is 28.1 Å². The van der Waals surface area contributed by atoms with E-state index in [-0.39, 0.29) is 12.1 Å². The molecule has 19 heavy (non-hydrogen) atoms. The standard InChI is InChI=1S/C9H4BrF8N/c10-5-2-3(7(11,12)9(16,17)18)1-4(6(5)19)8(13,14)15/h1-2H,19H2. The molecule has 1 nitrogen and oxygen atoms in total. The van der Waals surface area contributed by atoms with Crippen LogP contribution in [0.4, 0.5) is 40.8 Å². The summed E-state index contributed by atoms with van der Waals surface area (Å²) in [5.74, 6) is -5.41. The molecule has 0 aliphatic rings. The number of nitrogens with two attached hydrogens (primary N) is 1. The van der Waals surface area contributed by atoms with Crippen LogP contribution < -0.4 is 5.73 Å². The minimum atomic E-state index is -6.01. The van der Waals surface area contributed by atoms with Crippen LogP contribution in [0, 0.1) is 0 Å². The monoisotopic (exact) mass is 357 g/mol. The number of hydrogen-bond donors (Lipinski definition) is 1. The van der Waals surface area contributed by atoms with E-state index in [4.69, 9.17) is 5.73 Å². The van der Waals surface area contributed by atoms with Crippen molar-refractivity contribution in [2.24, 2.45) is 0 Å². The van der Waals surface area contributed by atoms with E-state index in [9.17, 15) is 35.1 Å². The van der Waals surface area contributed by atoms with E-state index in [1.165, 1.54) is 0 Å². The first-order valence-corrected chi connectivity index (χ1v) is 5.19. The lowest BCUT2D eigenvalue weighted by Gasteiger charge is -2.22. The molecule has 1 aromatic carbocycles. The summed E-state index contributed by atoms with van der Waals surface area (Å²) in [5.41, 5.74) is 0.431. The first kappa shape index (κ1) is 16.0. The van der Waals surface area contributed by atoms with Crippen LogP contribution in [-0.2, 0) is 12.1 Å². The molecule has 10 heteroatoms. The molecule has 0 aliphatic carbocycles. The zero-order chi connectivity index (χ0) is 15.2. The van der Waals surface area contributed by atoms with Crippen LogP contribution in [0.2, 0.25) is 0 Å². The molecule has 0 saturated heterocycles. The van der Waals surface area contributed by atoms with Gasteiger partial charge in [-0.3, -0.25) is 0 Å². The van der Waals surface area contributed by atoms with E-state index in [1.807, 2.05) is 0 Å². The predicted octanol–water partition coefficient (Wildman–Crippen LogP) is 4.70. The molecule has 0 saturated carbocycles.